The van der Waals surface area contributed by atoms with Crippen LogP contribution in [0.5, 0.6) is 0 Å². The van der Waals surface area contributed by atoms with E-state index in [1.54, 1.807) is 12.1 Å². The van der Waals surface area contributed by atoms with Gasteiger partial charge in [-0.05, 0) is 37.1 Å². The molecule has 0 spiro atoms. The van der Waals surface area contributed by atoms with E-state index in [0.717, 1.165) is 11.5 Å². The average Bonchev–Trinajstić information content (AvgIpc) is 3.12. The summed E-state index contributed by atoms with van der Waals surface area (Å²) in [6, 6.07) is 9.28. The van der Waals surface area contributed by atoms with Crippen LogP contribution in [0.3, 0.4) is 0 Å². The van der Waals surface area contributed by atoms with Gasteiger partial charge in [-0.2, -0.15) is 10.2 Å². The molecule has 1 aromatic carbocycles. The van der Waals surface area contributed by atoms with Gasteiger partial charge in [0, 0.05) is 11.6 Å². The topological polar surface area (TPSA) is 77.4 Å². The number of rotatable bonds is 3. The molecule has 5 nitrogen and oxygen atoms in total. The Labute approximate surface area is 98.5 Å². The van der Waals surface area contributed by atoms with Gasteiger partial charge in [0.15, 0.2) is 0 Å². The average molecular weight is 225 g/mol. The molecule has 5 heteroatoms. The van der Waals surface area contributed by atoms with E-state index in [4.69, 9.17) is 5.26 Å². The number of aromatic amines is 1. The van der Waals surface area contributed by atoms with E-state index in [1.165, 1.54) is 12.8 Å². The maximum atomic E-state index is 8.69. The molecule has 0 saturated heterocycles. The van der Waals surface area contributed by atoms with Crippen LogP contribution >= 0.6 is 0 Å². The molecule has 1 aliphatic carbocycles. The summed E-state index contributed by atoms with van der Waals surface area (Å²) in [5, 5.41) is 18.8. The van der Waals surface area contributed by atoms with E-state index < -0.39 is 0 Å². The molecule has 0 bridgehead atoms. The molecule has 17 heavy (non-hydrogen) atoms. The Morgan fingerprint density at radius 2 is 2.06 bits per heavy atom. The molecular formula is C12H11N5. The molecule has 3 rings (SSSR count). The van der Waals surface area contributed by atoms with Gasteiger partial charge in [-0.15, -0.1) is 5.10 Å². The third-order valence-corrected chi connectivity index (χ3v) is 2.74. The monoisotopic (exact) mass is 225 g/mol. The highest BCUT2D eigenvalue weighted by molar-refractivity contribution is 5.54. The summed E-state index contributed by atoms with van der Waals surface area (Å²) in [5.74, 6) is 2.11. The van der Waals surface area contributed by atoms with Gasteiger partial charge in [-0.1, -0.05) is 0 Å². The first-order chi connectivity index (χ1) is 8.35. The number of hydrogen-bond acceptors (Lipinski definition) is 4. The van der Waals surface area contributed by atoms with Gasteiger partial charge in [0.25, 0.3) is 0 Å². The van der Waals surface area contributed by atoms with Crippen molar-refractivity contribution in [2.75, 3.05) is 5.32 Å². The lowest BCUT2D eigenvalue weighted by Crippen LogP contribution is -1.92. The standard InChI is InChI=1S/C12H11N5/c13-7-8-1-5-10(6-2-8)14-12-15-11(16-17-12)9-3-4-9/h1-2,5-6,9H,3-4H2,(H2,14,15,16,17). The van der Waals surface area contributed by atoms with Crippen LogP contribution in [-0.2, 0) is 0 Å². The van der Waals surface area contributed by atoms with Crippen LogP contribution in [0.25, 0.3) is 0 Å². The summed E-state index contributed by atoms with van der Waals surface area (Å²) < 4.78 is 0. The molecule has 0 aliphatic heterocycles. The number of aromatic nitrogens is 3. The van der Waals surface area contributed by atoms with Crippen LogP contribution in [0.2, 0.25) is 0 Å². The van der Waals surface area contributed by atoms with Gasteiger partial charge in [0.2, 0.25) is 5.95 Å². The summed E-state index contributed by atoms with van der Waals surface area (Å²) >= 11 is 0. The minimum atomic E-state index is 0.569. The van der Waals surface area contributed by atoms with Crippen molar-refractivity contribution in [3.8, 4) is 6.07 Å². The molecule has 84 valence electrons. The largest absolute Gasteiger partial charge is 0.323 e. The summed E-state index contributed by atoms with van der Waals surface area (Å²) in [4.78, 5) is 4.37. The summed E-state index contributed by atoms with van der Waals surface area (Å²) in [7, 11) is 0. The third kappa shape index (κ3) is 2.11. The van der Waals surface area contributed by atoms with Crippen molar-refractivity contribution in [1.29, 1.82) is 5.26 Å². The van der Waals surface area contributed by atoms with E-state index in [2.05, 4.69) is 26.6 Å². The van der Waals surface area contributed by atoms with Crippen LogP contribution < -0.4 is 5.32 Å². The fourth-order valence-electron chi connectivity index (χ4n) is 1.63. The third-order valence-electron chi connectivity index (χ3n) is 2.74. The summed E-state index contributed by atoms with van der Waals surface area (Å²) in [6.45, 7) is 0. The molecule has 2 aromatic rings. The normalized spacial score (nSPS) is 14.3. The molecule has 1 saturated carbocycles. The number of H-pyrrole nitrogens is 1. The second-order valence-electron chi connectivity index (χ2n) is 4.13. The molecule has 0 amide bonds. The quantitative estimate of drug-likeness (QED) is 0.840. The predicted molar refractivity (Wildman–Crippen MR) is 62.8 cm³/mol. The van der Waals surface area contributed by atoms with E-state index in [1.807, 2.05) is 12.1 Å². The molecule has 1 fully saturated rings. The lowest BCUT2D eigenvalue weighted by molar-refractivity contribution is 0.935. The van der Waals surface area contributed by atoms with E-state index in [9.17, 15) is 0 Å². The van der Waals surface area contributed by atoms with Crippen molar-refractivity contribution < 1.29 is 0 Å². The van der Waals surface area contributed by atoms with Gasteiger partial charge in [0.05, 0.1) is 11.6 Å². The number of nitrogens with one attached hydrogen (secondary N) is 2. The van der Waals surface area contributed by atoms with Crippen LogP contribution in [0.1, 0.15) is 30.1 Å². The fraction of sp³-hybridized carbons (Fsp3) is 0.250. The van der Waals surface area contributed by atoms with Crippen LogP contribution in [0.15, 0.2) is 24.3 Å². The molecule has 1 aromatic heterocycles. The second kappa shape index (κ2) is 3.91. The SMILES string of the molecule is N#Cc1ccc(Nc2n[nH]c(C3CC3)n2)cc1. The highest BCUT2D eigenvalue weighted by atomic mass is 15.3. The number of hydrogen-bond donors (Lipinski definition) is 2. The lowest BCUT2D eigenvalue weighted by Gasteiger charge is -2.00. The minimum absolute atomic E-state index is 0.569. The Morgan fingerprint density at radius 3 is 2.71 bits per heavy atom. The predicted octanol–water partition coefficient (Wildman–Crippen LogP) is 2.30. The number of anilines is 2. The second-order valence-corrected chi connectivity index (χ2v) is 4.13. The van der Waals surface area contributed by atoms with Crippen molar-refractivity contribution in [2.45, 2.75) is 18.8 Å². The first kappa shape index (κ1) is 9.85. The molecular weight excluding hydrogens is 214 g/mol. The van der Waals surface area contributed by atoms with Crippen LogP contribution in [-0.4, -0.2) is 15.2 Å². The van der Waals surface area contributed by atoms with Gasteiger partial charge in [0.1, 0.15) is 5.82 Å². The van der Waals surface area contributed by atoms with E-state index in [0.29, 0.717) is 17.4 Å². The molecule has 0 unspecified atom stereocenters. The van der Waals surface area contributed by atoms with E-state index >= 15 is 0 Å². The highest BCUT2D eigenvalue weighted by Crippen LogP contribution is 2.38. The van der Waals surface area contributed by atoms with Crippen molar-refractivity contribution in [2.24, 2.45) is 0 Å². The Balaban J connectivity index is 1.74. The van der Waals surface area contributed by atoms with Crippen LogP contribution in [0, 0.1) is 11.3 Å². The highest BCUT2D eigenvalue weighted by Gasteiger charge is 2.27. The molecule has 0 atom stereocenters. The maximum Gasteiger partial charge on any atom is 0.246 e. The Morgan fingerprint density at radius 1 is 1.29 bits per heavy atom. The molecule has 1 heterocycles. The Hall–Kier alpha value is -2.35. The fourth-order valence-corrected chi connectivity index (χ4v) is 1.63. The summed E-state index contributed by atoms with van der Waals surface area (Å²) in [6.07, 6.45) is 2.40. The maximum absolute atomic E-state index is 8.69. The summed E-state index contributed by atoms with van der Waals surface area (Å²) in [5.41, 5.74) is 1.52. The van der Waals surface area contributed by atoms with Gasteiger partial charge < -0.3 is 5.32 Å². The van der Waals surface area contributed by atoms with Gasteiger partial charge in [-0.25, -0.2) is 0 Å². The Bertz CT molecular complexity index is 559. The van der Waals surface area contributed by atoms with Crippen molar-refractivity contribution in [3.63, 3.8) is 0 Å². The molecule has 1 aliphatic rings. The van der Waals surface area contributed by atoms with Crippen molar-refractivity contribution in [3.05, 3.63) is 35.7 Å². The van der Waals surface area contributed by atoms with E-state index in [-0.39, 0.29) is 0 Å². The molecule has 0 radical (unpaired) electrons. The zero-order valence-electron chi connectivity index (χ0n) is 9.14. The minimum Gasteiger partial charge on any atom is -0.323 e. The zero-order valence-corrected chi connectivity index (χ0v) is 9.14. The first-order valence-corrected chi connectivity index (χ1v) is 5.54. The van der Waals surface area contributed by atoms with Crippen molar-refractivity contribution in [1.82, 2.24) is 15.2 Å². The zero-order chi connectivity index (χ0) is 11.7. The number of nitriles is 1. The Kier molecular flexibility index (Phi) is 2.26. The smallest absolute Gasteiger partial charge is 0.246 e. The number of nitrogens with zero attached hydrogens (tertiary/aromatic N) is 3. The molecule has 2 N–H and O–H groups in total. The van der Waals surface area contributed by atoms with Crippen LogP contribution in [0.4, 0.5) is 11.6 Å². The number of benzene rings is 1. The van der Waals surface area contributed by atoms with Gasteiger partial charge >= 0.3 is 0 Å². The van der Waals surface area contributed by atoms with Gasteiger partial charge in [-0.3, -0.25) is 5.10 Å². The first-order valence-electron chi connectivity index (χ1n) is 5.54. The van der Waals surface area contributed by atoms with Crippen molar-refractivity contribution >= 4 is 11.6 Å². The lowest BCUT2D eigenvalue weighted by atomic mass is 10.2.